The van der Waals surface area contributed by atoms with Crippen molar-refractivity contribution in [3.05, 3.63) is 41.1 Å². The molecule has 146 valence electrons. The maximum atomic E-state index is 13.1. The van der Waals surface area contributed by atoms with E-state index in [0.29, 0.717) is 18.3 Å². The van der Waals surface area contributed by atoms with Crippen LogP contribution in [0.4, 0.5) is 0 Å². The van der Waals surface area contributed by atoms with Crippen molar-refractivity contribution < 1.29 is 9.21 Å². The number of carbonyl (C=O) groups excluding carboxylic acids is 1. The van der Waals surface area contributed by atoms with Gasteiger partial charge in [-0.2, -0.15) is 16.9 Å². The summed E-state index contributed by atoms with van der Waals surface area (Å²) in [6, 6.07) is 4.28. The summed E-state index contributed by atoms with van der Waals surface area (Å²) >= 11 is 2.04. The third-order valence-electron chi connectivity index (χ3n) is 5.70. The van der Waals surface area contributed by atoms with Crippen molar-refractivity contribution in [3.63, 3.8) is 0 Å². The lowest BCUT2D eigenvalue weighted by molar-refractivity contribution is 0.0767. The standard InChI is InChI=1S/C20H28N4O2S/c1-3-24-18-7-6-15(23-8-11-27-12-9-23)13-17(18)19(21-24)20(25)22(2)14-16-5-4-10-26-16/h4-5,10,15H,3,6-9,11-14H2,1-2H3. The molecule has 0 N–H and O–H groups in total. The third-order valence-corrected chi connectivity index (χ3v) is 6.65. The molecule has 1 atom stereocenters. The zero-order valence-corrected chi connectivity index (χ0v) is 17.0. The molecule has 1 saturated heterocycles. The van der Waals surface area contributed by atoms with E-state index in [4.69, 9.17) is 9.52 Å². The van der Waals surface area contributed by atoms with Crippen molar-refractivity contribution in [1.29, 1.82) is 0 Å². The molecule has 0 bridgehead atoms. The summed E-state index contributed by atoms with van der Waals surface area (Å²) in [6.45, 7) is 5.69. The van der Waals surface area contributed by atoms with E-state index in [1.807, 2.05) is 35.6 Å². The number of aryl methyl sites for hydroxylation is 1. The smallest absolute Gasteiger partial charge is 0.274 e. The van der Waals surface area contributed by atoms with E-state index >= 15 is 0 Å². The van der Waals surface area contributed by atoms with Crippen LogP contribution in [0.15, 0.2) is 22.8 Å². The Morgan fingerprint density at radius 1 is 1.41 bits per heavy atom. The van der Waals surface area contributed by atoms with Crippen molar-refractivity contribution in [2.24, 2.45) is 0 Å². The highest BCUT2D eigenvalue weighted by Gasteiger charge is 2.33. The van der Waals surface area contributed by atoms with Gasteiger partial charge in [0.1, 0.15) is 5.76 Å². The first-order valence-corrected chi connectivity index (χ1v) is 11.0. The Hall–Kier alpha value is -1.73. The second-order valence-electron chi connectivity index (χ2n) is 7.38. The summed E-state index contributed by atoms with van der Waals surface area (Å²) in [5, 5.41) is 4.71. The molecule has 2 aromatic rings. The van der Waals surface area contributed by atoms with Crippen LogP contribution in [0, 0.1) is 0 Å². The first-order chi connectivity index (χ1) is 13.2. The molecule has 1 fully saturated rings. The number of amides is 1. The predicted molar refractivity (Wildman–Crippen MR) is 107 cm³/mol. The van der Waals surface area contributed by atoms with Gasteiger partial charge in [-0.15, -0.1) is 0 Å². The summed E-state index contributed by atoms with van der Waals surface area (Å²) in [5.74, 6) is 3.22. The molecule has 0 saturated carbocycles. The second kappa shape index (κ2) is 8.10. The average molecular weight is 389 g/mol. The van der Waals surface area contributed by atoms with Crippen LogP contribution in [-0.2, 0) is 25.9 Å². The van der Waals surface area contributed by atoms with Gasteiger partial charge in [0.15, 0.2) is 5.69 Å². The number of fused-ring (bicyclic) bond motifs is 1. The number of rotatable bonds is 5. The Bertz CT molecular complexity index is 780. The Labute approximate surface area is 164 Å². The van der Waals surface area contributed by atoms with E-state index in [1.165, 1.54) is 29.2 Å². The van der Waals surface area contributed by atoms with Gasteiger partial charge in [-0.25, -0.2) is 0 Å². The lowest BCUT2D eigenvalue weighted by atomic mass is 9.90. The van der Waals surface area contributed by atoms with Crippen molar-refractivity contribution >= 4 is 17.7 Å². The van der Waals surface area contributed by atoms with Crippen molar-refractivity contribution in [2.75, 3.05) is 31.6 Å². The number of thioether (sulfide) groups is 1. The van der Waals surface area contributed by atoms with Crippen LogP contribution in [-0.4, -0.2) is 63.2 Å². The summed E-state index contributed by atoms with van der Waals surface area (Å²) < 4.78 is 7.43. The third kappa shape index (κ3) is 3.80. The number of hydrogen-bond donors (Lipinski definition) is 0. The van der Waals surface area contributed by atoms with Gasteiger partial charge in [0.05, 0.1) is 12.8 Å². The number of aromatic nitrogens is 2. The number of nitrogens with zero attached hydrogens (tertiary/aromatic N) is 4. The van der Waals surface area contributed by atoms with Gasteiger partial charge in [-0.3, -0.25) is 14.4 Å². The van der Waals surface area contributed by atoms with Gasteiger partial charge in [-0.05, 0) is 38.3 Å². The summed E-state index contributed by atoms with van der Waals surface area (Å²) in [6.07, 6.45) is 4.76. The van der Waals surface area contributed by atoms with Crippen LogP contribution in [0.2, 0.25) is 0 Å². The molecule has 27 heavy (non-hydrogen) atoms. The molecule has 4 rings (SSSR count). The fourth-order valence-corrected chi connectivity index (χ4v) is 5.18. The van der Waals surface area contributed by atoms with Crippen LogP contribution >= 0.6 is 11.8 Å². The van der Waals surface area contributed by atoms with Crippen molar-refractivity contribution in [1.82, 2.24) is 19.6 Å². The number of carbonyl (C=O) groups is 1. The fraction of sp³-hybridized carbons (Fsp3) is 0.600. The maximum Gasteiger partial charge on any atom is 0.274 e. The predicted octanol–water partition coefficient (Wildman–Crippen LogP) is 2.67. The minimum Gasteiger partial charge on any atom is -0.467 e. The first-order valence-electron chi connectivity index (χ1n) is 9.85. The lowest BCUT2D eigenvalue weighted by Crippen LogP contribution is -2.44. The Morgan fingerprint density at radius 3 is 2.93 bits per heavy atom. The zero-order chi connectivity index (χ0) is 18.8. The van der Waals surface area contributed by atoms with Gasteiger partial charge in [0, 0.05) is 55.5 Å². The molecule has 2 aromatic heterocycles. The molecule has 0 aromatic carbocycles. The van der Waals surface area contributed by atoms with E-state index in [9.17, 15) is 4.79 Å². The summed E-state index contributed by atoms with van der Waals surface area (Å²) in [4.78, 5) is 17.5. The molecule has 6 nitrogen and oxygen atoms in total. The van der Waals surface area contributed by atoms with E-state index in [0.717, 1.165) is 38.2 Å². The fourth-order valence-electron chi connectivity index (χ4n) is 4.25. The van der Waals surface area contributed by atoms with Crippen LogP contribution in [0.25, 0.3) is 0 Å². The highest BCUT2D eigenvalue weighted by Crippen LogP contribution is 2.29. The van der Waals surface area contributed by atoms with E-state index in [2.05, 4.69) is 11.8 Å². The van der Waals surface area contributed by atoms with Gasteiger partial charge in [-0.1, -0.05) is 0 Å². The van der Waals surface area contributed by atoms with Gasteiger partial charge in [0.2, 0.25) is 0 Å². The molecule has 1 aliphatic carbocycles. The largest absolute Gasteiger partial charge is 0.467 e. The Kier molecular flexibility index (Phi) is 5.59. The summed E-state index contributed by atoms with van der Waals surface area (Å²) in [5.41, 5.74) is 3.06. The minimum absolute atomic E-state index is 0.00954. The van der Waals surface area contributed by atoms with Crippen LogP contribution in [0.1, 0.15) is 40.9 Å². The van der Waals surface area contributed by atoms with E-state index in [-0.39, 0.29) is 5.91 Å². The van der Waals surface area contributed by atoms with Gasteiger partial charge in [0.25, 0.3) is 5.91 Å². The molecule has 3 heterocycles. The lowest BCUT2D eigenvalue weighted by Gasteiger charge is -2.36. The molecule has 7 heteroatoms. The maximum absolute atomic E-state index is 13.1. The Balaban J connectivity index is 1.56. The second-order valence-corrected chi connectivity index (χ2v) is 8.60. The molecule has 1 amide bonds. The quantitative estimate of drug-likeness (QED) is 0.788. The number of furan rings is 1. The highest BCUT2D eigenvalue weighted by molar-refractivity contribution is 7.99. The van der Waals surface area contributed by atoms with Crippen molar-refractivity contribution in [3.8, 4) is 0 Å². The monoisotopic (exact) mass is 388 g/mol. The molecule has 1 unspecified atom stereocenters. The number of hydrogen-bond acceptors (Lipinski definition) is 5. The van der Waals surface area contributed by atoms with Crippen molar-refractivity contribution in [2.45, 2.75) is 45.3 Å². The van der Waals surface area contributed by atoms with E-state index in [1.54, 1.807) is 11.2 Å². The molecular weight excluding hydrogens is 360 g/mol. The average Bonchev–Trinajstić information content (AvgIpc) is 3.35. The van der Waals surface area contributed by atoms with Gasteiger partial charge < -0.3 is 9.32 Å². The molecule has 1 aliphatic heterocycles. The molecule has 0 radical (unpaired) electrons. The SMILES string of the molecule is CCn1nc(C(=O)N(C)Cc2ccco2)c2c1CCC(N1CCSCC1)C2. The van der Waals surface area contributed by atoms with Crippen LogP contribution < -0.4 is 0 Å². The topological polar surface area (TPSA) is 54.5 Å². The first kappa shape index (κ1) is 18.6. The summed E-state index contributed by atoms with van der Waals surface area (Å²) in [7, 11) is 1.82. The minimum atomic E-state index is -0.00954. The van der Waals surface area contributed by atoms with Gasteiger partial charge >= 0.3 is 0 Å². The zero-order valence-electron chi connectivity index (χ0n) is 16.2. The molecule has 2 aliphatic rings. The van der Waals surface area contributed by atoms with Crippen LogP contribution in [0.5, 0.6) is 0 Å². The van der Waals surface area contributed by atoms with Crippen LogP contribution in [0.3, 0.4) is 0 Å². The molecule has 0 spiro atoms. The Morgan fingerprint density at radius 2 is 2.22 bits per heavy atom. The highest BCUT2D eigenvalue weighted by atomic mass is 32.2. The normalized spacial score (nSPS) is 20.4. The molecular formula is C20H28N4O2S. The van der Waals surface area contributed by atoms with E-state index < -0.39 is 0 Å².